The van der Waals surface area contributed by atoms with Gasteiger partial charge in [-0.15, -0.1) is 0 Å². The summed E-state index contributed by atoms with van der Waals surface area (Å²) in [6.07, 6.45) is 0.697. The van der Waals surface area contributed by atoms with Crippen LogP contribution in [0.5, 0.6) is 5.75 Å². The zero-order valence-electron chi connectivity index (χ0n) is 12.3. The molecule has 1 aliphatic heterocycles. The molecule has 0 aliphatic carbocycles. The summed E-state index contributed by atoms with van der Waals surface area (Å²) in [5.74, 6) is 0.477. The average Bonchev–Trinajstić information content (AvgIpc) is 2.53. The second-order valence-electron chi connectivity index (χ2n) is 4.88. The Labute approximate surface area is 125 Å². The monoisotopic (exact) mass is 315 g/mol. The van der Waals surface area contributed by atoms with Crippen LogP contribution in [0.1, 0.15) is 18.9 Å². The molecule has 1 N–H and O–H groups in total. The van der Waals surface area contributed by atoms with Crippen molar-refractivity contribution in [2.75, 3.05) is 26.9 Å². The highest BCUT2D eigenvalue weighted by molar-refractivity contribution is 7.89. The molecule has 7 heteroatoms. The average molecular weight is 315 g/mol. The van der Waals surface area contributed by atoms with Crippen molar-refractivity contribution in [2.45, 2.75) is 30.9 Å². The van der Waals surface area contributed by atoms with Crippen LogP contribution in [0.15, 0.2) is 23.1 Å². The van der Waals surface area contributed by atoms with Crippen LogP contribution in [0.25, 0.3) is 0 Å². The van der Waals surface area contributed by atoms with Crippen LogP contribution < -0.4 is 4.74 Å². The van der Waals surface area contributed by atoms with E-state index in [4.69, 9.17) is 9.47 Å². The van der Waals surface area contributed by atoms with E-state index in [-0.39, 0.29) is 17.5 Å². The van der Waals surface area contributed by atoms with E-state index < -0.39 is 10.0 Å². The number of nitrogens with zero attached hydrogens (tertiary/aromatic N) is 1. The molecule has 0 aromatic heterocycles. The van der Waals surface area contributed by atoms with Crippen LogP contribution in [-0.4, -0.2) is 50.7 Å². The van der Waals surface area contributed by atoms with Gasteiger partial charge in [0.05, 0.1) is 31.8 Å². The summed E-state index contributed by atoms with van der Waals surface area (Å²) in [5.41, 5.74) is 0.458. The van der Waals surface area contributed by atoms with Gasteiger partial charge in [0.1, 0.15) is 5.75 Å². The van der Waals surface area contributed by atoms with Crippen LogP contribution in [-0.2, 0) is 21.4 Å². The van der Waals surface area contributed by atoms with Crippen molar-refractivity contribution in [3.05, 3.63) is 23.8 Å². The second-order valence-corrected chi connectivity index (χ2v) is 6.78. The highest BCUT2D eigenvalue weighted by Crippen LogP contribution is 2.27. The summed E-state index contributed by atoms with van der Waals surface area (Å²) in [5, 5.41) is 9.34. The highest BCUT2D eigenvalue weighted by atomic mass is 32.2. The van der Waals surface area contributed by atoms with Gasteiger partial charge in [0, 0.05) is 18.2 Å². The molecule has 1 aromatic rings. The number of hydrogen-bond donors (Lipinski definition) is 1. The fraction of sp³-hybridized carbons (Fsp3) is 0.571. The normalized spacial score (nSPS) is 20.4. The lowest BCUT2D eigenvalue weighted by molar-refractivity contribution is 0.0314. The smallest absolute Gasteiger partial charge is 0.243 e. The minimum absolute atomic E-state index is 0.150. The number of rotatable bonds is 5. The van der Waals surface area contributed by atoms with Gasteiger partial charge in [-0.25, -0.2) is 8.42 Å². The second kappa shape index (κ2) is 6.74. The molecule has 1 atom stereocenters. The molecule has 0 bridgehead atoms. The van der Waals surface area contributed by atoms with Crippen molar-refractivity contribution in [1.82, 2.24) is 4.31 Å². The Hall–Kier alpha value is -1.15. The van der Waals surface area contributed by atoms with Gasteiger partial charge in [0.15, 0.2) is 0 Å². The molecule has 6 nitrogen and oxygen atoms in total. The predicted molar refractivity (Wildman–Crippen MR) is 77.7 cm³/mol. The standard InChI is InChI=1S/C14H21NO5S/c1-3-12-10-20-7-6-15(12)21(17,18)13-4-5-14(19-2)11(8-13)9-16/h4-5,8,12,16H,3,6-7,9-10H2,1-2H3. The van der Waals surface area contributed by atoms with Gasteiger partial charge in [-0.2, -0.15) is 4.31 Å². The van der Waals surface area contributed by atoms with E-state index in [2.05, 4.69) is 0 Å². The van der Waals surface area contributed by atoms with Crippen LogP contribution in [0.3, 0.4) is 0 Å². The first-order valence-corrected chi connectivity index (χ1v) is 8.36. The number of hydrogen-bond acceptors (Lipinski definition) is 5. The lowest BCUT2D eigenvalue weighted by Gasteiger charge is -2.34. The van der Waals surface area contributed by atoms with Gasteiger partial charge in [-0.05, 0) is 24.6 Å². The van der Waals surface area contributed by atoms with E-state index in [9.17, 15) is 13.5 Å². The third kappa shape index (κ3) is 3.21. The molecule has 0 radical (unpaired) electrons. The Morgan fingerprint density at radius 3 is 2.86 bits per heavy atom. The van der Waals surface area contributed by atoms with E-state index in [1.165, 1.54) is 23.5 Å². The van der Waals surface area contributed by atoms with Gasteiger partial charge >= 0.3 is 0 Å². The maximum absolute atomic E-state index is 12.8. The lowest BCUT2D eigenvalue weighted by Crippen LogP contribution is -2.48. The van der Waals surface area contributed by atoms with Gasteiger partial charge < -0.3 is 14.6 Å². The summed E-state index contributed by atoms with van der Waals surface area (Å²) >= 11 is 0. The molecule has 0 saturated carbocycles. The van der Waals surface area contributed by atoms with Crippen LogP contribution in [0.2, 0.25) is 0 Å². The molecule has 1 heterocycles. The first-order chi connectivity index (χ1) is 10.0. The summed E-state index contributed by atoms with van der Waals surface area (Å²) < 4.78 is 37.5. The third-order valence-corrected chi connectivity index (χ3v) is 5.62. The highest BCUT2D eigenvalue weighted by Gasteiger charge is 2.33. The van der Waals surface area contributed by atoms with Crippen molar-refractivity contribution in [3.63, 3.8) is 0 Å². The largest absolute Gasteiger partial charge is 0.496 e. The Bertz CT molecular complexity index is 587. The number of aliphatic hydroxyl groups excluding tert-OH is 1. The zero-order chi connectivity index (χ0) is 15.5. The molecule has 1 fully saturated rings. The Balaban J connectivity index is 2.38. The molecule has 0 amide bonds. The van der Waals surface area contributed by atoms with Gasteiger partial charge in [-0.3, -0.25) is 0 Å². The van der Waals surface area contributed by atoms with Crippen molar-refractivity contribution in [2.24, 2.45) is 0 Å². The molecule has 1 aliphatic rings. The lowest BCUT2D eigenvalue weighted by atomic mass is 10.2. The molecule has 1 aromatic carbocycles. The summed E-state index contributed by atoms with van der Waals surface area (Å²) in [4.78, 5) is 0.174. The predicted octanol–water partition coefficient (Wildman–Crippen LogP) is 0.987. The number of benzene rings is 1. The number of morpholine rings is 1. The molecular weight excluding hydrogens is 294 g/mol. The topological polar surface area (TPSA) is 76.1 Å². The summed E-state index contributed by atoms with van der Waals surface area (Å²) in [6, 6.07) is 4.40. The van der Waals surface area contributed by atoms with E-state index >= 15 is 0 Å². The zero-order valence-corrected chi connectivity index (χ0v) is 13.1. The van der Waals surface area contributed by atoms with E-state index in [1.54, 1.807) is 6.07 Å². The molecule has 21 heavy (non-hydrogen) atoms. The first kappa shape index (κ1) is 16.2. The number of sulfonamides is 1. The van der Waals surface area contributed by atoms with Gasteiger partial charge in [0.2, 0.25) is 10.0 Å². The molecule has 0 spiro atoms. The number of methoxy groups -OCH3 is 1. The minimum atomic E-state index is -3.59. The van der Waals surface area contributed by atoms with E-state index in [0.717, 1.165) is 0 Å². The fourth-order valence-electron chi connectivity index (χ4n) is 2.45. The Morgan fingerprint density at radius 1 is 1.48 bits per heavy atom. The summed E-state index contributed by atoms with van der Waals surface area (Å²) in [7, 11) is -2.11. The van der Waals surface area contributed by atoms with Gasteiger partial charge in [0.25, 0.3) is 0 Å². The van der Waals surface area contributed by atoms with Crippen LogP contribution >= 0.6 is 0 Å². The fourth-order valence-corrected chi connectivity index (χ4v) is 4.17. The molecule has 1 unspecified atom stereocenters. The minimum Gasteiger partial charge on any atom is -0.496 e. The first-order valence-electron chi connectivity index (χ1n) is 6.92. The SMILES string of the molecule is CCC1COCCN1S(=O)(=O)c1ccc(OC)c(CO)c1. The van der Waals surface area contributed by atoms with Crippen molar-refractivity contribution < 1.29 is 23.0 Å². The Kier molecular flexibility index (Phi) is 5.21. The van der Waals surface area contributed by atoms with Crippen LogP contribution in [0.4, 0.5) is 0 Å². The van der Waals surface area contributed by atoms with Crippen LogP contribution in [0, 0.1) is 0 Å². The molecule has 1 saturated heterocycles. The Morgan fingerprint density at radius 2 is 2.24 bits per heavy atom. The maximum Gasteiger partial charge on any atom is 0.243 e. The molecular formula is C14H21NO5S. The van der Waals surface area contributed by atoms with Gasteiger partial charge in [-0.1, -0.05) is 6.92 Å². The van der Waals surface area contributed by atoms with E-state index in [1.807, 2.05) is 6.92 Å². The van der Waals surface area contributed by atoms with E-state index in [0.29, 0.717) is 37.5 Å². The summed E-state index contributed by atoms with van der Waals surface area (Å²) in [6.45, 7) is 2.83. The third-order valence-electron chi connectivity index (χ3n) is 3.67. The quantitative estimate of drug-likeness (QED) is 0.877. The van der Waals surface area contributed by atoms with Crippen molar-refractivity contribution in [3.8, 4) is 5.75 Å². The number of aliphatic hydroxyl groups is 1. The molecule has 2 rings (SSSR count). The van der Waals surface area contributed by atoms with Crippen molar-refractivity contribution in [1.29, 1.82) is 0 Å². The molecule has 118 valence electrons. The van der Waals surface area contributed by atoms with Crippen molar-refractivity contribution >= 4 is 10.0 Å². The maximum atomic E-state index is 12.8. The number of ether oxygens (including phenoxy) is 2.